The number of carbonyl (C=O) groups is 1. The third-order valence-corrected chi connectivity index (χ3v) is 2.84. The summed E-state index contributed by atoms with van der Waals surface area (Å²) in [6.07, 6.45) is 3.31. The van der Waals surface area contributed by atoms with Crippen LogP contribution in [0.4, 0.5) is 0 Å². The van der Waals surface area contributed by atoms with E-state index < -0.39 is 0 Å². The summed E-state index contributed by atoms with van der Waals surface area (Å²) in [7, 11) is 0. The smallest absolute Gasteiger partial charge is 0.295 e. The van der Waals surface area contributed by atoms with Crippen molar-refractivity contribution >= 4 is 5.91 Å². The molecule has 1 unspecified atom stereocenters. The molecular formula is C9H15N5O. The molecule has 0 spiro atoms. The number of tetrazole rings is 1. The summed E-state index contributed by atoms with van der Waals surface area (Å²) in [6.45, 7) is 3.83. The zero-order valence-electron chi connectivity index (χ0n) is 8.81. The minimum absolute atomic E-state index is 0.113. The Balaban J connectivity index is 2.01. The van der Waals surface area contributed by atoms with Gasteiger partial charge in [0.2, 0.25) is 0 Å². The standard InChI is InChI=1S/C9H15N5O/c1-7-3-2-5-14(6-4-7)9(15)8-10-12-13-11-8/h7H,2-6H2,1H3,(H,10,11,12,13). The van der Waals surface area contributed by atoms with Crippen molar-refractivity contribution in [2.45, 2.75) is 26.2 Å². The molecule has 1 atom stereocenters. The quantitative estimate of drug-likeness (QED) is 0.729. The van der Waals surface area contributed by atoms with Crippen molar-refractivity contribution in [2.24, 2.45) is 5.92 Å². The van der Waals surface area contributed by atoms with Gasteiger partial charge in [-0.1, -0.05) is 6.92 Å². The first-order chi connectivity index (χ1) is 7.27. The molecule has 1 N–H and O–H groups in total. The lowest BCUT2D eigenvalue weighted by molar-refractivity contribution is 0.0748. The van der Waals surface area contributed by atoms with Crippen molar-refractivity contribution in [1.29, 1.82) is 0 Å². The fraction of sp³-hybridized carbons (Fsp3) is 0.778. The molecule has 1 aromatic heterocycles. The first-order valence-corrected chi connectivity index (χ1v) is 5.30. The minimum Gasteiger partial charge on any atom is -0.336 e. The Morgan fingerprint density at radius 1 is 1.47 bits per heavy atom. The van der Waals surface area contributed by atoms with E-state index in [9.17, 15) is 4.79 Å². The van der Waals surface area contributed by atoms with E-state index in [4.69, 9.17) is 0 Å². The van der Waals surface area contributed by atoms with Gasteiger partial charge >= 0.3 is 0 Å². The zero-order valence-corrected chi connectivity index (χ0v) is 8.81. The summed E-state index contributed by atoms with van der Waals surface area (Å²) in [5, 5.41) is 13.1. The number of likely N-dealkylation sites (tertiary alicyclic amines) is 1. The second kappa shape index (κ2) is 4.37. The van der Waals surface area contributed by atoms with Crippen molar-refractivity contribution in [2.75, 3.05) is 13.1 Å². The molecule has 0 saturated carbocycles. The van der Waals surface area contributed by atoms with Crippen molar-refractivity contribution in [3.05, 3.63) is 5.82 Å². The van der Waals surface area contributed by atoms with Crippen LogP contribution >= 0.6 is 0 Å². The van der Waals surface area contributed by atoms with Crippen LogP contribution in [0, 0.1) is 5.92 Å². The highest BCUT2D eigenvalue weighted by molar-refractivity contribution is 5.90. The fourth-order valence-corrected chi connectivity index (χ4v) is 1.86. The van der Waals surface area contributed by atoms with Gasteiger partial charge in [0.25, 0.3) is 11.7 Å². The van der Waals surface area contributed by atoms with Gasteiger partial charge in [0.15, 0.2) is 0 Å². The van der Waals surface area contributed by atoms with E-state index in [1.54, 1.807) is 0 Å². The molecule has 6 heteroatoms. The van der Waals surface area contributed by atoms with Crippen LogP contribution in [0.15, 0.2) is 0 Å². The van der Waals surface area contributed by atoms with Crippen molar-refractivity contribution in [3.8, 4) is 0 Å². The lowest BCUT2D eigenvalue weighted by atomic mass is 10.0. The first kappa shape index (κ1) is 10.1. The largest absolute Gasteiger partial charge is 0.336 e. The van der Waals surface area contributed by atoms with Crippen molar-refractivity contribution < 1.29 is 4.79 Å². The van der Waals surface area contributed by atoms with Gasteiger partial charge in [-0.15, -0.1) is 10.2 Å². The van der Waals surface area contributed by atoms with Crippen LogP contribution in [0.3, 0.4) is 0 Å². The molecule has 1 aromatic rings. The number of rotatable bonds is 1. The molecule has 2 rings (SSSR count). The molecule has 1 fully saturated rings. The third kappa shape index (κ3) is 2.31. The Morgan fingerprint density at radius 3 is 3.07 bits per heavy atom. The number of hydrogen-bond acceptors (Lipinski definition) is 4. The van der Waals surface area contributed by atoms with Gasteiger partial charge in [0.1, 0.15) is 0 Å². The maximum absolute atomic E-state index is 11.9. The van der Waals surface area contributed by atoms with Crippen LogP contribution in [0.5, 0.6) is 0 Å². The van der Waals surface area contributed by atoms with Gasteiger partial charge in [-0.25, -0.2) is 0 Å². The molecule has 2 heterocycles. The Hall–Kier alpha value is -1.46. The fourth-order valence-electron chi connectivity index (χ4n) is 1.86. The van der Waals surface area contributed by atoms with E-state index in [0.29, 0.717) is 5.92 Å². The van der Waals surface area contributed by atoms with E-state index in [-0.39, 0.29) is 11.7 Å². The molecule has 1 aliphatic heterocycles. The van der Waals surface area contributed by atoms with Gasteiger partial charge in [0, 0.05) is 13.1 Å². The Morgan fingerprint density at radius 2 is 2.33 bits per heavy atom. The molecule has 1 saturated heterocycles. The number of H-pyrrole nitrogens is 1. The molecule has 0 bridgehead atoms. The lowest BCUT2D eigenvalue weighted by Crippen LogP contribution is -2.32. The number of aromatic nitrogens is 4. The number of nitrogens with one attached hydrogen (secondary N) is 1. The lowest BCUT2D eigenvalue weighted by Gasteiger charge is -2.17. The summed E-state index contributed by atoms with van der Waals surface area (Å²) in [5.74, 6) is 0.760. The van der Waals surface area contributed by atoms with E-state index in [2.05, 4.69) is 27.5 Å². The highest BCUT2D eigenvalue weighted by Crippen LogP contribution is 2.17. The summed E-state index contributed by atoms with van der Waals surface area (Å²) in [4.78, 5) is 13.7. The third-order valence-electron chi connectivity index (χ3n) is 2.84. The maximum atomic E-state index is 11.9. The van der Waals surface area contributed by atoms with E-state index in [0.717, 1.165) is 25.9 Å². The average Bonchev–Trinajstić information content (AvgIpc) is 2.67. The van der Waals surface area contributed by atoms with Gasteiger partial charge < -0.3 is 4.90 Å². The molecule has 0 aromatic carbocycles. The van der Waals surface area contributed by atoms with Crippen molar-refractivity contribution in [1.82, 2.24) is 25.5 Å². The van der Waals surface area contributed by atoms with E-state index in [1.165, 1.54) is 6.42 Å². The normalized spacial score (nSPS) is 22.5. The average molecular weight is 209 g/mol. The highest BCUT2D eigenvalue weighted by atomic mass is 16.2. The molecule has 1 amide bonds. The molecule has 1 aliphatic rings. The topological polar surface area (TPSA) is 74.8 Å². The van der Waals surface area contributed by atoms with Crippen LogP contribution in [0.2, 0.25) is 0 Å². The molecule has 6 nitrogen and oxygen atoms in total. The Kier molecular flexibility index (Phi) is 2.94. The number of amides is 1. The van der Waals surface area contributed by atoms with E-state index >= 15 is 0 Å². The molecule has 0 radical (unpaired) electrons. The van der Waals surface area contributed by atoms with E-state index in [1.807, 2.05) is 4.90 Å². The van der Waals surface area contributed by atoms with Crippen molar-refractivity contribution in [3.63, 3.8) is 0 Å². The van der Waals surface area contributed by atoms with Crippen LogP contribution in [-0.4, -0.2) is 44.5 Å². The number of hydrogen-bond donors (Lipinski definition) is 1. The number of aromatic amines is 1. The Labute approximate surface area is 88.0 Å². The second-order valence-corrected chi connectivity index (χ2v) is 4.06. The molecule has 82 valence electrons. The van der Waals surface area contributed by atoms with Gasteiger partial charge in [-0.2, -0.15) is 5.21 Å². The van der Waals surface area contributed by atoms with Crippen LogP contribution in [0.25, 0.3) is 0 Å². The Bertz CT molecular complexity index is 323. The summed E-state index contributed by atoms with van der Waals surface area (Å²) < 4.78 is 0. The van der Waals surface area contributed by atoms with Crippen LogP contribution < -0.4 is 0 Å². The number of carbonyl (C=O) groups excluding carboxylic acids is 1. The second-order valence-electron chi connectivity index (χ2n) is 4.06. The maximum Gasteiger partial charge on any atom is 0.295 e. The van der Waals surface area contributed by atoms with Gasteiger partial charge in [-0.05, 0) is 30.4 Å². The predicted octanol–water partition coefficient (Wildman–Crippen LogP) is 0.462. The van der Waals surface area contributed by atoms with Crippen LogP contribution in [-0.2, 0) is 0 Å². The van der Waals surface area contributed by atoms with Gasteiger partial charge in [-0.3, -0.25) is 4.79 Å². The number of nitrogens with zero attached hydrogens (tertiary/aromatic N) is 4. The van der Waals surface area contributed by atoms with Crippen LogP contribution in [0.1, 0.15) is 36.8 Å². The summed E-state index contributed by atoms with van der Waals surface area (Å²) >= 11 is 0. The SMILES string of the molecule is CC1CCCN(C(=O)c2nn[nH]n2)CC1. The summed E-state index contributed by atoms with van der Waals surface area (Å²) in [5.41, 5.74) is 0. The highest BCUT2D eigenvalue weighted by Gasteiger charge is 2.22. The summed E-state index contributed by atoms with van der Waals surface area (Å²) in [6, 6.07) is 0. The monoisotopic (exact) mass is 209 g/mol. The molecular weight excluding hydrogens is 194 g/mol. The predicted molar refractivity (Wildman–Crippen MR) is 53.1 cm³/mol. The zero-order chi connectivity index (χ0) is 10.7. The minimum atomic E-state index is -0.113. The molecule has 15 heavy (non-hydrogen) atoms. The first-order valence-electron chi connectivity index (χ1n) is 5.30. The molecule has 0 aliphatic carbocycles. The van der Waals surface area contributed by atoms with Gasteiger partial charge in [0.05, 0.1) is 0 Å².